The minimum absolute atomic E-state index is 0.0257. The number of ether oxygens (including phenoxy) is 1. The van der Waals surface area contributed by atoms with Gasteiger partial charge in [-0.3, -0.25) is 14.9 Å². The molecule has 1 heterocycles. The molecule has 0 saturated carbocycles. The van der Waals surface area contributed by atoms with E-state index in [0.717, 1.165) is 0 Å². The van der Waals surface area contributed by atoms with E-state index in [2.05, 4.69) is 15.5 Å². The lowest BCUT2D eigenvalue weighted by Crippen LogP contribution is -2.15. The van der Waals surface area contributed by atoms with Crippen LogP contribution in [0.1, 0.15) is 10.5 Å². The number of rotatable bonds is 4. The van der Waals surface area contributed by atoms with Gasteiger partial charge in [-0.25, -0.2) is 0 Å². The minimum Gasteiger partial charge on any atom is -0.495 e. The molecule has 9 nitrogen and oxygen atoms in total. The molecule has 1 amide bonds. The van der Waals surface area contributed by atoms with Gasteiger partial charge in [0.05, 0.1) is 17.7 Å². The van der Waals surface area contributed by atoms with Crippen molar-refractivity contribution in [3.63, 3.8) is 0 Å². The van der Waals surface area contributed by atoms with E-state index in [4.69, 9.17) is 10.5 Å². The maximum absolute atomic E-state index is 12.0. The molecule has 1 aromatic carbocycles. The number of benzene rings is 1. The van der Waals surface area contributed by atoms with Crippen LogP contribution in [0.2, 0.25) is 0 Å². The molecule has 108 valence electrons. The van der Waals surface area contributed by atoms with Crippen molar-refractivity contribution in [3.8, 4) is 5.75 Å². The molecule has 2 rings (SSSR count). The number of aromatic nitrogens is 2. The number of methoxy groups -OCH3 is 1. The second kappa shape index (κ2) is 5.82. The van der Waals surface area contributed by atoms with Crippen LogP contribution in [-0.2, 0) is 0 Å². The number of nitro benzene ring substituents is 1. The van der Waals surface area contributed by atoms with Crippen molar-refractivity contribution in [1.29, 1.82) is 0 Å². The van der Waals surface area contributed by atoms with Gasteiger partial charge in [0.25, 0.3) is 11.6 Å². The fourth-order valence-corrected chi connectivity index (χ4v) is 1.56. The molecule has 0 radical (unpaired) electrons. The summed E-state index contributed by atoms with van der Waals surface area (Å²) in [5, 5.41) is 20.4. The molecule has 0 spiro atoms. The zero-order chi connectivity index (χ0) is 15.4. The lowest BCUT2D eigenvalue weighted by molar-refractivity contribution is -0.384. The van der Waals surface area contributed by atoms with Gasteiger partial charge in [0.15, 0.2) is 5.69 Å². The van der Waals surface area contributed by atoms with Crippen molar-refractivity contribution in [2.75, 3.05) is 18.2 Å². The first kappa shape index (κ1) is 14.2. The Balaban J connectivity index is 2.29. The molecule has 1 aromatic heterocycles. The van der Waals surface area contributed by atoms with E-state index in [0.29, 0.717) is 0 Å². The number of carbonyl (C=O) groups excluding carboxylic acids is 1. The maximum Gasteiger partial charge on any atom is 0.276 e. The van der Waals surface area contributed by atoms with Crippen LogP contribution in [0.25, 0.3) is 0 Å². The molecule has 0 fully saturated rings. The lowest BCUT2D eigenvalue weighted by Gasteiger charge is -2.09. The molecule has 3 N–H and O–H groups in total. The number of nitro groups is 1. The summed E-state index contributed by atoms with van der Waals surface area (Å²) in [5.74, 6) is -0.113. The van der Waals surface area contributed by atoms with Gasteiger partial charge in [-0.1, -0.05) is 0 Å². The average Bonchev–Trinajstić information content (AvgIpc) is 2.47. The maximum atomic E-state index is 12.0. The zero-order valence-corrected chi connectivity index (χ0v) is 10.9. The number of hydrogen-bond donors (Lipinski definition) is 2. The highest BCUT2D eigenvalue weighted by Crippen LogP contribution is 2.29. The van der Waals surface area contributed by atoms with Crippen LogP contribution in [0.3, 0.4) is 0 Å². The summed E-state index contributed by atoms with van der Waals surface area (Å²) >= 11 is 0. The van der Waals surface area contributed by atoms with Gasteiger partial charge < -0.3 is 15.8 Å². The third-order valence-electron chi connectivity index (χ3n) is 2.56. The van der Waals surface area contributed by atoms with E-state index in [1.54, 1.807) is 0 Å². The summed E-state index contributed by atoms with van der Waals surface area (Å²) in [6, 6.07) is 6.68. The molecule has 0 unspecified atom stereocenters. The molecule has 0 aliphatic rings. The Kier molecular flexibility index (Phi) is 3.93. The molecular weight excluding hydrogens is 278 g/mol. The number of nitrogens with two attached hydrogens (primary N) is 1. The van der Waals surface area contributed by atoms with Crippen LogP contribution in [0.5, 0.6) is 5.75 Å². The van der Waals surface area contributed by atoms with Crippen LogP contribution in [0.4, 0.5) is 17.2 Å². The first-order valence-corrected chi connectivity index (χ1v) is 5.74. The second-order valence-corrected chi connectivity index (χ2v) is 3.94. The number of nitrogen functional groups attached to an aromatic ring is 1. The number of amides is 1. The molecular formula is C12H11N5O4. The highest BCUT2D eigenvalue weighted by molar-refractivity contribution is 6.03. The highest BCUT2D eigenvalue weighted by atomic mass is 16.6. The van der Waals surface area contributed by atoms with Gasteiger partial charge in [-0.05, 0) is 18.2 Å². The molecule has 0 bridgehead atoms. The van der Waals surface area contributed by atoms with Crippen molar-refractivity contribution in [2.45, 2.75) is 0 Å². The van der Waals surface area contributed by atoms with E-state index in [1.807, 2.05) is 0 Å². The van der Waals surface area contributed by atoms with Crippen LogP contribution >= 0.6 is 0 Å². The van der Waals surface area contributed by atoms with E-state index >= 15 is 0 Å². The van der Waals surface area contributed by atoms with Crippen molar-refractivity contribution in [1.82, 2.24) is 10.2 Å². The van der Waals surface area contributed by atoms with E-state index < -0.39 is 10.8 Å². The predicted molar refractivity (Wildman–Crippen MR) is 74.0 cm³/mol. The van der Waals surface area contributed by atoms with E-state index in [9.17, 15) is 14.9 Å². The van der Waals surface area contributed by atoms with Crippen LogP contribution in [-0.4, -0.2) is 28.1 Å². The number of non-ortho nitro benzene ring substituents is 1. The lowest BCUT2D eigenvalue weighted by atomic mass is 10.2. The summed E-state index contributed by atoms with van der Waals surface area (Å²) < 4.78 is 5.04. The normalized spacial score (nSPS) is 9.95. The van der Waals surface area contributed by atoms with E-state index in [-0.39, 0.29) is 28.6 Å². The Morgan fingerprint density at radius 3 is 2.67 bits per heavy atom. The first-order valence-electron chi connectivity index (χ1n) is 5.74. The number of hydrogen-bond acceptors (Lipinski definition) is 7. The van der Waals surface area contributed by atoms with E-state index in [1.165, 1.54) is 37.4 Å². The molecule has 21 heavy (non-hydrogen) atoms. The van der Waals surface area contributed by atoms with Crippen molar-refractivity contribution < 1.29 is 14.5 Å². The summed E-state index contributed by atoms with van der Waals surface area (Å²) in [6.07, 6.45) is 0. The minimum atomic E-state index is -0.582. The van der Waals surface area contributed by atoms with Gasteiger partial charge in [-0.15, -0.1) is 10.2 Å². The summed E-state index contributed by atoms with van der Waals surface area (Å²) in [4.78, 5) is 22.2. The van der Waals surface area contributed by atoms with Crippen LogP contribution in [0, 0.1) is 10.1 Å². The zero-order valence-electron chi connectivity index (χ0n) is 10.9. The standard InChI is InChI=1S/C12H11N5O4/c1-21-10-4-2-7(17(19)20)6-9(10)14-12(18)8-3-5-11(13)16-15-8/h2-6H,1H3,(H2,13,16)(H,14,18). The number of nitrogens with one attached hydrogen (secondary N) is 1. The Bertz CT molecular complexity index is 687. The third-order valence-corrected chi connectivity index (χ3v) is 2.56. The summed E-state index contributed by atoms with van der Waals surface area (Å²) in [6.45, 7) is 0. The Hall–Kier alpha value is -3.23. The highest BCUT2D eigenvalue weighted by Gasteiger charge is 2.15. The summed E-state index contributed by atoms with van der Waals surface area (Å²) in [5.41, 5.74) is 5.39. The first-order chi connectivity index (χ1) is 10.0. The monoisotopic (exact) mass is 289 g/mol. The number of nitrogens with zero attached hydrogens (tertiary/aromatic N) is 3. The largest absolute Gasteiger partial charge is 0.495 e. The Labute approximate surface area is 118 Å². The molecule has 2 aromatic rings. The number of carbonyl (C=O) groups is 1. The van der Waals surface area contributed by atoms with Gasteiger partial charge in [-0.2, -0.15) is 0 Å². The Morgan fingerprint density at radius 1 is 1.33 bits per heavy atom. The van der Waals surface area contributed by atoms with Crippen LogP contribution in [0.15, 0.2) is 30.3 Å². The second-order valence-electron chi connectivity index (χ2n) is 3.94. The fraction of sp³-hybridized carbons (Fsp3) is 0.0833. The average molecular weight is 289 g/mol. The molecule has 9 heteroatoms. The predicted octanol–water partition coefficient (Wildman–Crippen LogP) is 1.23. The molecule has 0 saturated heterocycles. The Morgan fingerprint density at radius 2 is 2.10 bits per heavy atom. The summed E-state index contributed by atoms with van der Waals surface area (Å²) in [7, 11) is 1.39. The van der Waals surface area contributed by atoms with Gasteiger partial charge in [0.2, 0.25) is 0 Å². The third kappa shape index (κ3) is 3.21. The quantitative estimate of drug-likeness (QED) is 0.638. The SMILES string of the molecule is COc1ccc([N+](=O)[O-])cc1NC(=O)c1ccc(N)nn1. The van der Waals surface area contributed by atoms with Gasteiger partial charge >= 0.3 is 0 Å². The van der Waals surface area contributed by atoms with Crippen molar-refractivity contribution in [3.05, 3.63) is 46.1 Å². The molecule has 0 atom stereocenters. The fourth-order valence-electron chi connectivity index (χ4n) is 1.56. The smallest absolute Gasteiger partial charge is 0.276 e. The van der Waals surface area contributed by atoms with Crippen LogP contribution < -0.4 is 15.8 Å². The molecule has 0 aliphatic carbocycles. The topological polar surface area (TPSA) is 133 Å². The van der Waals surface area contributed by atoms with Gasteiger partial charge in [0.1, 0.15) is 11.6 Å². The molecule has 0 aliphatic heterocycles. The van der Waals surface area contributed by atoms with Gasteiger partial charge in [0, 0.05) is 12.1 Å². The number of anilines is 2. The van der Waals surface area contributed by atoms with Crippen molar-refractivity contribution in [2.24, 2.45) is 0 Å². The van der Waals surface area contributed by atoms with Crippen molar-refractivity contribution >= 4 is 23.1 Å².